The quantitative estimate of drug-likeness (QED) is 0.922. The molecule has 4 nitrogen and oxygen atoms in total. The topological polar surface area (TPSA) is 49.8 Å². The zero-order chi connectivity index (χ0) is 16.2. The van der Waals surface area contributed by atoms with Gasteiger partial charge < -0.3 is 14.7 Å². The van der Waals surface area contributed by atoms with Crippen LogP contribution in [-0.2, 0) is 11.4 Å². The van der Waals surface area contributed by atoms with E-state index in [4.69, 9.17) is 4.74 Å². The monoisotopic (exact) mass is 311 g/mol. The van der Waals surface area contributed by atoms with E-state index in [1.807, 2.05) is 61.6 Å². The molecule has 0 saturated carbocycles. The van der Waals surface area contributed by atoms with Gasteiger partial charge in [0.25, 0.3) is 0 Å². The standard InChI is InChI=1S/C19H21NO3/c1-20-11-17(18(12-20)19(21)22)15-7-9-16(10-8-15)23-13-14-5-3-2-4-6-14/h2-10,17-18H,11-13H2,1H3,(H,21,22). The van der Waals surface area contributed by atoms with E-state index < -0.39 is 5.97 Å². The van der Waals surface area contributed by atoms with Crippen LogP contribution in [0.15, 0.2) is 54.6 Å². The number of hydrogen-bond donors (Lipinski definition) is 1. The Bertz CT molecular complexity index is 654. The second-order valence-corrected chi connectivity index (χ2v) is 6.12. The Morgan fingerprint density at radius 1 is 1.13 bits per heavy atom. The molecule has 1 saturated heterocycles. The third-order valence-electron chi connectivity index (χ3n) is 4.38. The molecule has 2 unspecified atom stereocenters. The Hall–Kier alpha value is -2.33. The first-order valence-corrected chi connectivity index (χ1v) is 7.81. The fourth-order valence-electron chi connectivity index (χ4n) is 3.14. The second kappa shape index (κ2) is 6.84. The number of likely N-dealkylation sites (N-methyl/N-ethyl adjacent to an activating group) is 1. The normalized spacial score (nSPS) is 21.3. The van der Waals surface area contributed by atoms with Gasteiger partial charge >= 0.3 is 5.97 Å². The van der Waals surface area contributed by atoms with Crippen LogP contribution >= 0.6 is 0 Å². The van der Waals surface area contributed by atoms with Crippen LogP contribution in [0.25, 0.3) is 0 Å². The Morgan fingerprint density at radius 2 is 1.83 bits per heavy atom. The van der Waals surface area contributed by atoms with Gasteiger partial charge in [0.1, 0.15) is 12.4 Å². The molecule has 2 atom stereocenters. The highest BCUT2D eigenvalue weighted by atomic mass is 16.5. The van der Waals surface area contributed by atoms with Gasteiger partial charge in [0.15, 0.2) is 0 Å². The van der Waals surface area contributed by atoms with E-state index in [2.05, 4.69) is 4.90 Å². The van der Waals surface area contributed by atoms with E-state index >= 15 is 0 Å². The molecular formula is C19H21NO3. The Balaban J connectivity index is 1.66. The average molecular weight is 311 g/mol. The summed E-state index contributed by atoms with van der Waals surface area (Å²) in [6.07, 6.45) is 0. The molecule has 0 aromatic heterocycles. The molecule has 1 N–H and O–H groups in total. The fourth-order valence-corrected chi connectivity index (χ4v) is 3.14. The van der Waals surface area contributed by atoms with Crippen molar-refractivity contribution in [3.05, 3.63) is 65.7 Å². The molecule has 0 aliphatic carbocycles. The summed E-state index contributed by atoms with van der Waals surface area (Å²) in [5.74, 6) is -0.212. The molecule has 2 aromatic carbocycles. The summed E-state index contributed by atoms with van der Waals surface area (Å²) < 4.78 is 5.78. The first kappa shape index (κ1) is 15.6. The van der Waals surface area contributed by atoms with Gasteiger partial charge in [-0.05, 0) is 30.3 Å². The van der Waals surface area contributed by atoms with Crippen LogP contribution in [-0.4, -0.2) is 36.1 Å². The van der Waals surface area contributed by atoms with Crippen molar-refractivity contribution in [3.63, 3.8) is 0 Å². The molecule has 3 rings (SSSR count). The smallest absolute Gasteiger partial charge is 0.308 e. The number of hydrogen-bond acceptors (Lipinski definition) is 3. The summed E-state index contributed by atoms with van der Waals surface area (Å²) in [6.45, 7) is 1.91. The number of aliphatic carboxylic acids is 1. The minimum atomic E-state index is -0.719. The van der Waals surface area contributed by atoms with Crippen LogP contribution in [0.1, 0.15) is 17.0 Å². The lowest BCUT2D eigenvalue weighted by molar-refractivity contribution is -0.141. The van der Waals surface area contributed by atoms with Crippen molar-refractivity contribution < 1.29 is 14.6 Å². The molecule has 2 aromatic rings. The largest absolute Gasteiger partial charge is 0.489 e. The predicted molar refractivity (Wildman–Crippen MR) is 88.6 cm³/mol. The highest BCUT2D eigenvalue weighted by Gasteiger charge is 2.36. The molecule has 4 heteroatoms. The zero-order valence-corrected chi connectivity index (χ0v) is 13.2. The molecule has 120 valence electrons. The minimum absolute atomic E-state index is 0.0423. The van der Waals surface area contributed by atoms with Crippen LogP contribution in [0.5, 0.6) is 5.75 Å². The number of ether oxygens (including phenoxy) is 1. The summed E-state index contributed by atoms with van der Waals surface area (Å²) in [7, 11) is 1.97. The molecule has 1 heterocycles. The lowest BCUT2D eigenvalue weighted by Crippen LogP contribution is -2.21. The molecule has 0 amide bonds. The number of carboxylic acid groups (broad SMARTS) is 1. The maximum atomic E-state index is 11.4. The molecule has 0 spiro atoms. The highest BCUT2D eigenvalue weighted by molar-refractivity contribution is 5.72. The van der Waals surface area contributed by atoms with Crippen molar-refractivity contribution in [2.45, 2.75) is 12.5 Å². The van der Waals surface area contributed by atoms with Crippen LogP contribution in [0.4, 0.5) is 0 Å². The molecule has 1 aliphatic rings. The molecule has 23 heavy (non-hydrogen) atoms. The van der Waals surface area contributed by atoms with E-state index in [1.54, 1.807) is 0 Å². The summed E-state index contributed by atoms with van der Waals surface area (Å²) in [4.78, 5) is 13.5. The third kappa shape index (κ3) is 3.71. The maximum absolute atomic E-state index is 11.4. The minimum Gasteiger partial charge on any atom is -0.489 e. The summed E-state index contributed by atoms with van der Waals surface area (Å²) in [6, 6.07) is 17.8. The molecule has 0 bridgehead atoms. The van der Waals surface area contributed by atoms with Crippen molar-refractivity contribution in [1.29, 1.82) is 0 Å². The van der Waals surface area contributed by atoms with Gasteiger partial charge in [0.2, 0.25) is 0 Å². The van der Waals surface area contributed by atoms with Gasteiger partial charge in [-0.2, -0.15) is 0 Å². The maximum Gasteiger partial charge on any atom is 0.308 e. The van der Waals surface area contributed by atoms with Crippen LogP contribution in [0.3, 0.4) is 0 Å². The summed E-state index contributed by atoms with van der Waals surface area (Å²) >= 11 is 0. The summed E-state index contributed by atoms with van der Waals surface area (Å²) in [5, 5.41) is 9.38. The fraction of sp³-hybridized carbons (Fsp3) is 0.316. The van der Waals surface area contributed by atoms with Gasteiger partial charge in [-0.15, -0.1) is 0 Å². The number of carbonyl (C=O) groups is 1. The number of carboxylic acids is 1. The Morgan fingerprint density at radius 3 is 2.48 bits per heavy atom. The lowest BCUT2D eigenvalue weighted by atomic mass is 9.89. The zero-order valence-electron chi connectivity index (χ0n) is 13.2. The molecule has 1 aliphatic heterocycles. The Labute approximate surface area is 136 Å². The predicted octanol–water partition coefficient (Wildman–Crippen LogP) is 3.00. The van der Waals surface area contributed by atoms with Crippen molar-refractivity contribution in [1.82, 2.24) is 4.90 Å². The van der Waals surface area contributed by atoms with E-state index in [0.29, 0.717) is 13.2 Å². The highest BCUT2D eigenvalue weighted by Crippen LogP contribution is 2.33. The molecular weight excluding hydrogens is 290 g/mol. The van der Waals surface area contributed by atoms with Gasteiger partial charge in [0.05, 0.1) is 5.92 Å². The van der Waals surface area contributed by atoms with Crippen LogP contribution < -0.4 is 4.74 Å². The van der Waals surface area contributed by atoms with Crippen molar-refractivity contribution in [2.24, 2.45) is 5.92 Å². The molecule has 1 fully saturated rings. The third-order valence-corrected chi connectivity index (χ3v) is 4.38. The first-order valence-electron chi connectivity index (χ1n) is 7.81. The summed E-state index contributed by atoms with van der Waals surface area (Å²) in [5.41, 5.74) is 2.19. The number of nitrogens with zero attached hydrogens (tertiary/aromatic N) is 1. The van der Waals surface area contributed by atoms with Crippen LogP contribution in [0.2, 0.25) is 0 Å². The van der Waals surface area contributed by atoms with E-state index in [9.17, 15) is 9.90 Å². The van der Waals surface area contributed by atoms with Gasteiger partial charge in [-0.1, -0.05) is 42.5 Å². The van der Waals surface area contributed by atoms with E-state index in [-0.39, 0.29) is 11.8 Å². The number of rotatable bonds is 5. The van der Waals surface area contributed by atoms with Crippen LogP contribution in [0, 0.1) is 5.92 Å². The SMILES string of the molecule is CN1CC(C(=O)O)C(c2ccc(OCc3ccccc3)cc2)C1. The van der Waals surface area contributed by atoms with E-state index in [1.165, 1.54) is 0 Å². The number of benzene rings is 2. The number of likely N-dealkylation sites (tertiary alicyclic amines) is 1. The second-order valence-electron chi connectivity index (χ2n) is 6.12. The lowest BCUT2D eigenvalue weighted by Gasteiger charge is -2.15. The van der Waals surface area contributed by atoms with Crippen molar-refractivity contribution >= 4 is 5.97 Å². The Kier molecular flexibility index (Phi) is 4.63. The van der Waals surface area contributed by atoms with Gasteiger partial charge in [-0.25, -0.2) is 0 Å². The van der Waals surface area contributed by atoms with Crippen molar-refractivity contribution in [2.75, 3.05) is 20.1 Å². The first-order chi connectivity index (χ1) is 11.1. The molecule has 0 radical (unpaired) electrons. The van der Waals surface area contributed by atoms with E-state index in [0.717, 1.165) is 23.4 Å². The average Bonchev–Trinajstić information content (AvgIpc) is 2.97. The van der Waals surface area contributed by atoms with Gasteiger partial charge in [-0.3, -0.25) is 4.79 Å². The van der Waals surface area contributed by atoms with Gasteiger partial charge in [0, 0.05) is 19.0 Å². The van der Waals surface area contributed by atoms with Crippen molar-refractivity contribution in [3.8, 4) is 5.75 Å².